The number of fused-ring (bicyclic) bond motifs is 1. The van der Waals surface area contributed by atoms with E-state index >= 15 is 0 Å². The largest absolute Gasteiger partial charge is 0.340 e. The number of hydrogen-bond acceptors (Lipinski definition) is 5. The van der Waals surface area contributed by atoms with E-state index in [2.05, 4.69) is 50.4 Å². The lowest BCUT2D eigenvalue weighted by Crippen LogP contribution is -2.29. The monoisotopic (exact) mass is 284 g/mol. The molecular weight excluding hydrogens is 264 g/mol. The molecule has 1 saturated heterocycles. The summed E-state index contributed by atoms with van der Waals surface area (Å²) in [5.41, 5.74) is 0.513. The molecule has 0 N–H and O–H groups in total. The Balaban J connectivity index is 1.65. The summed E-state index contributed by atoms with van der Waals surface area (Å²) in [4.78, 5) is 10.9. The van der Waals surface area contributed by atoms with Crippen molar-refractivity contribution in [2.45, 2.75) is 27.3 Å². The standard InChI is InChI=1S/C15H20N6/c1-4-21-13(12-16-6-5-7-17-12)18-19-14(21)20-8-10-11(9-20)15(10,2)3/h5-7,10-11H,4,8-9H2,1-3H3. The van der Waals surface area contributed by atoms with E-state index in [1.807, 2.05) is 6.07 Å². The lowest BCUT2D eigenvalue weighted by atomic mass is 10.1. The summed E-state index contributed by atoms with van der Waals surface area (Å²) in [5, 5.41) is 8.73. The first-order chi connectivity index (χ1) is 10.1. The van der Waals surface area contributed by atoms with Crippen molar-refractivity contribution in [3.05, 3.63) is 18.5 Å². The van der Waals surface area contributed by atoms with Crippen molar-refractivity contribution in [1.82, 2.24) is 24.7 Å². The van der Waals surface area contributed by atoms with Crippen molar-refractivity contribution < 1.29 is 0 Å². The molecule has 0 bridgehead atoms. The number of anilines is 1. The molecule has 4 rings (SSSR count). The average Bonchev–Trinajstić information content (AvgIpc) is 2.95. The number of hydrogen-bond donors (Lipinski definition) is 0. The summed E-state index contributed by atoms with van der Waals surface area (Å²) in [7, 11) is 0. The Morgan fingerprint density at radius 3 is 2.43 bits per heavy atom. The zero-order valence-corrected chi connectivity index (χ0v) is 12.7. The molecular formula is C15H20N6. The fourth-order valence-electron chi connectivity index (χ4n) is 3.70. The molecule has 6 nitrogen and oxygen atoms in total. The van der Waals surface area contributed by atoms with Gasteiger partial charge in [-0.2, -0.15) is 0 Å². The van der Waals surface area contributed by atoms with Gasteiger partial charge >= 0.3 is 0 Å². The first-order valence-electron chi connectivity index (χ1n) is 7.58. The molecule has 0 aromatic carbocycles. The van der Waals surface area contributed by atoms with Gasteiger partial charge in [-0.1, -0.05) is 13.8 Å². The van der Waals surface area contributed by atoms with Crippen molar-refractivity contribution in [2.24, 2.45) is 17.3 Å². The second kappa shape index (κ2) is 4.26. The fourth-order valence-corrected chi connectivity index (χ4v) is 3.70. The molecule has 1 aliphatic carbocycles. The van der Waals surface area contributed by atoms with Crippen LogP contribution >= 0.6 is 0 Å². The molecule has 2 aliphatic rings. The molecule has 3 heterocycles. The Hall–Kier alpha value is -1.98. The highest BCUT2D eigenvalue weighted by molar-refractivity contribution is 5.49. The van der Waals surface area contributed by atoms with Crippen LogP contribution in [0.25, 0.3) is 11.6 Å². The second-order valence-electron chi connectivity index (χ2n) is 6.58. The maximum Gasteiger partial charge on any atom is 0.227 e. The highest BCUT2D eigenvalue weighted by Gasteiger charge is 2.62. The maximum atomic E-state index is 4.41. The quantitative estimate of drug-likeness (QED) is 0.861. The number of aromatic nitrogens is 5. The first-order valence-corrected chi connectivity index (χ1v) is 7.58. The minimum absolute atomic E-state index is 0.513. The highest BCUT2D eigenvalue weighted by Crippen LogP contribution is 2.62. The molecule has 2 atom stereocenters. The fraction of sp³-hybridized carbons (Fsp3) is 0.600. The summed E-state index contributed by atoms with van der Waals surface area (Å²) in [6, 6.07) is 1.81. The van der Waals surface area contributed by atoms with Gasteiger partial charge in [0.1, 0.15) is 0 Å². The molecule has 2 fully saturated rings. The Morgan fingerprint density at radius 2 is 1.81 bits per heavy atom. The average molecular weight is 284 g/mol. The molecule has 0 amide bonds. The Morgan fingerprint density at radius 1 is 1.14 bits per heavy atom. The van der Waals surface area contributed by atoms with Crippen molar-refractivity contribution >= 4 is 5.95 Å². The van der Waals surface area contributed by atoms with E-state index in [1.165, 1.54) is 0 Å². The lowest BCUT2D eigenvalue weighted by Gasteiger charge is -2.23. The van der Waals surface area contributed by atoms with Gasteiger partial charge in [-0.15, -0.1) is 10.2 Å². The molecule has 6 heteroatoms. The minimum atomic E-state index is 0.513. The van der Waals surface area contributed by atoms with Crippen molar-refractivity contribution in [1.29, 1.82) is 0 Å². The first kappa shape index (κ1) is 12.7. The van der Waals surface area contributed by atoms with E-state index < -0.39 is 0 Å². The van der Waals surface area contributed by atoms with Gasteiger partial charge in [-0.3, -0.25) is 4.57 Å². The SMILES string of the molecule is CCn1c(-c2ncccn2)nnc1N1CC2C(C1)C2(C)C. The highest BCUT2D eigenvalue weighted by atomic mass is 15.4. The zero-order valence-electron chi connectivity index (χ0n) is 12.7. The number of nitrogens with zero attached hydrogens (tertiary/aromatic N) is 6. The van der Waals surface area contributed by atoms with Crippen molar-refractivity contribution in [3.63, 3.8) is 0 Å². The van der Waals surface area contributed by atoms with Crippen LogP contribution in [0.5, 0.6) is 0 Å². The van der Waals surface area contributed by atoms with Gasteiger partial charge in [0.05, 0.1) is 0 Å². The summed E-state index contributed by atoms with van der Waals surface area (Å²) in [6.07, 6.45) is 3.48. The van der Waals surface area contributed by atoms with Crippen LogP contribution in [0, 0.1) is 17.3 Å². The molecule has 0 spiro atoms. The molecule has 21 heavy (non-hydrogen) atoms. The van der Waals surface area contributed by atoms with E-state index in [-0.39, 0.29) is 0 Å². The normalized spacial score (nSPS) is 26.0. The van der Waals surface area contributed by atoms with E-state index in [0.717, 1.165) is 43.2 Å². The van der Waals surface area contributed by atoms with Gasteiger partial charge in [-0.25, -0.2) is 9.97 Å². The van der Waals surface area contributed by atoms with Crippen LogP contribution in [-0.2, 0) is 6.54 Å². The number of piperidine rings is 1. The second-order valence-corrected chi connectivity index (χ2v) is 6.58. The van der Waals surface area contributed by atoms with Gasteiger partial charge in [0.2, 0.25) is 11.8 Å². The topological polar surface area (TPSA) is 59.7 Å². The van der Waals surface area contributed by atoms with Crippen LogP contribution in [0.1, 0.15) is 20.8 Å². The van der Waals surface area contributed by atoms with Gasteiger partial charge in [0.15, 0.2) is 5.82 Å². The third-order valence-electron chi connectivity index (χ3n) is 5.22. The maximum absolute atomic E-state index is 4.41. The van der Waals surface area contributed by atoms with Gasteiger partial charge < -0.3 is 4.90 Å². The molecule has 1 aliphatic heterocycles. The van der Waals surface area contributed by atoms with E-state index in [1.54, 1.807) is 12.4 Å². The predicted octanol–water partition coefficient (Wildman–Crippen LogP) is 1.85. The predicted molar refractivity (Wildman–Crippen MR) is 79.7 cm³/mol. The third kappa shape index (κ3) is 1.78. The van der Waals surface area contributed by atoms with E-state index in [9.17, 15) is 0 Å². The van der Waals surface area contributed by atoms with Crippen LogP contribution in [0.3, 0.4) is 0 Å². The van der Waals surface area contributed by atoms with Gasteiger partial charge in [0, 0.05) is 32.0 Å². The molecule has 1 saturated carbocycles. The van der Waals surface area contributed by atoms with Gasteiger partial charge in [0.25, 0.3) is 0 Å². The molecule has 2 aromatic heterocycles. The summed E-state index contributed by atoms with van der Waals surface area (Å²) < 4.78 is 2.12. The summed E-state index contributed by atoms with van der Waals surface area (Å²) >= 11 is 0. The van der Waals surface area contributed by atoms with Crippen LogP contribution in [0.15, 0.2) is 18.5 Å². The van der Waals surface area contributed by atoms with Gasteiger partial charge in [-0.05, 0) is 30.2 Å². The molecule has 2 aromatic rings. The summed E-state index contributed by atoms with van der Waals surface area (Å²) in [6.45, 7) is 9.85. The Bertz CT molecular complexity index is 648. The van der Waals surface area contributed by atoms with Crippen LogP contribution < -0.4 is 4.90 Å². The number of rotatable bonds is 3. The van der Waals surface area contributed by atoms with Crippen LogP contribution in [0.4, 0.5) is 5.95 Å². The van der Waals surface area contributed by atoms with E-state index in [0.29, 0.717) is 11.2 Å². The molecule has 0 radical (unpaired) electrons. The van der Waals surface area contributed by atoms with Crippen molar-refractivity contribution in [3.8, 4) is 11.6 Å². The summed E-state index contributed by atoms with van der Waals surface area (Å²) in [5.74, 6) is 3.96. The van der Waals surface area contributed by atoms with Crippen LogP contribution in [0.2, 0.25) is 0 Å². The van der Waals surface area contributed by atoms with Crippen LogP contribution in [-0.4, -0.2) is 37.8 Å². The third-order valence-corrected chi connectivity index (χ3v) is 5.22. The lowest BCUT2D eigenvalue weighted by molar-refractivity contribution is 0.493. The Labute approximate surface area is 124 Å². The molecule has 2 unspecified atom stereocenters. The molecule has 110 valence electrons. The van der Waals surface area contributed by atoms with Crippen molar-refractivity contribution in [2.75, 3.05) is 18.0 Å². The minimum Gasteiger partial charge on any atom is -0.340 e. The smallest absolute Gasteiger partial charge is 0.227 e. The Kier molecular flexibility index (Phi) is 2.58. The zero-order chi connectivity index (χ0) is 14.6. The van der Waals surface area contributed by atoms with E-state index in [4.69, 9.17) is 0 Å².